The van der Waals surface area contributed by atoms with Crippen LogP contribution >= 0.6 is 0 Å². The summed E-state index contributed by atoms with van der Waals surface area (Å²) in [5.74, 6) is 0.0223. The molecule has 1 saturated heterocycles. The third kappa shape index (κ3) is 3.33. The van der Waals surface area contributed by atoms with Gasteiger partial charge in [-0.2, -0.15) is 0 Å². The number of carbonyl (C=O) groups is 1. The highest BCUT2D eigenvalue weighted by molar-refractivity contribution is 5.95. The zero-order valence-electron chi connectivity index (χ0n) is 11.7. The van der Waals surface area contributed by atoms with Crippen molar-refractivity contribution in [1.29, 1.82) is 0 Å². The number of nitrogens with zero attached hydrogens (tertiary/aromatic N) is 1. The van der Waals surface area contributed by atoms with Gasteiger partial charge in [0, 0.05) is 5.69 Å². The lowest BCUT2D eigenvalue weighted by atomic mass is 9.97. The molecule has 0 radical (unpaired) electrons. The van der Waals surface area contributed by atoms with E-state index in [1.807, 2.05) is 36.1 Å². The lowest BCUT2D eigenvalue weighted by Crippen LogP contribution is -2.53. The Bertz CT molecular complexity index is 444. The topological polar surface area (TPSA) is 55.6 Å². The van der Waals surface area contributed by atoms with E-state index in [4.69, 9.17) is 10.5 Å². The Kier molecular flexibility index (Phi) is 4.22. The number of morpholine rings is 1. The van der Waals surface area contributed by atoms with Crippen molar-refractivity contribution in [3.05, 3.63) is 29.8 Å². The van der Waals surface area contributed by atoms with Crippen molar-refractivity contribution in [3.63, 3.8) is 0 Å². The second-order valence-electron chi connectivity index (χ2n) is 5.45. The van der Waals surface area contributed by atoms with E-state index in [2.05, 4.69) is 6.92 Å². The van der Waals surface area contributed by atoms with E-state index in [-0.39, 0.29) is 18.1 Å². The van der Waals surface area contributed by atoms with Crippen LogP contribution in [-0.4, -0.2) is 31.2 Å². The molecule has 0 bridgehead atoms. The van der Waals surface area contributed by atoms with Crippen LogP contribution in [0.1, 0.15) is 25.3 Å². The fourth-order valence-corrected chi connectivity index (χ4v) is 2.37. The average molecular weight is 262 g/mol. The van der Waals surface area contributed by atoms with Crippen molar-refractivity contribution in [1.82, 2.24) is 0 Å². The predicted octanol–water partition coefficient (Wildman–Crippen LogP) is 1.86. The summed E-state index contributed by atoms with van der Waals surface area (Å²) >= 11 is 0. The van der Waals surface area contributed by atoms with E-state index in [1.165, 1.54) is 5.56 Å². The number of nitrogens with two attached hydrogens (primary N) is 1. The monoisotopic (exact) mass is 262 g/mol. The Balaban J connectivity index is 2.14. The molecule has 2 rings (SSSR count). The minimum Gasteiger partial charge on any atom is -0.364 e. The molecule has 1 amide bonds. The highest BCUT2D eigenvalue weighted by Crippen LogP contribution is 2.27. The minimum absolute atomic E-state index is 0.0223. The summed E-state index contributed by atoms with van der Waals surface area (Å²) in [5.41, 5.74) is 7.40. The number of carbonyl (C=O) groups excluding carboxylic acids is 1. The van der Waals surface area contributed by atoms with Crippen molar-refractivity contribution < 1.29 is 9.53 Å². The Labute approximate surface area is 114 Å². The van der Waals surface area contributed by atoms with Crippen LogP contribution in [0.15, 0.2) is 24.3 Å². The molecule has 0 aliphatic carbocycles. The highest BCUT2D eigenvalue weighted by atomic mass is 16.5. The van der Waals surface area contributed by atoms with Gasteiger partial charge < -0.3 is 15.4 Å². The summed E-state index contributed by atoms with van der Waals surface area (Å²) in [6.07, 6.45) is 1.78. The zero-order chi connectivity index (χ0) is 13.9. The lowest BCUT2D eigenvalue weighted by molar-refractivity contribution is -0.137. The number of aryl methyl sites for hydroxylation is 1. The van der Waals surface area contributed by atoms with Gasteiger partial charge in [0.05, 0.1) is 12.1 Å². The van der Waals surface area contributed by atoms with E-state index in [0.717, 1.165) is 18.5 Å². The van der Waals surface area contributed by atoms with Crippen molar-refractivity contribution in [3.8, 4) is 0 Å². The van der Waals surface area contributed by atoms with E-state index in [0.29, 0.717) is 13.1 Å². The Morgan fingerprint density at radius 3 is 2.68 bits per heavy atom. The highest BCUT2D eigenvalue weighted by Gasteiger charge is 2.36. The van der Waals surface area contributed by atoms with Crippen LogP contribution in [0.3, 0.4) is 0 Å². The number of hydrogen-bond donors (Lipinski definition) is 1. The first-order valence-electron chi connectivity index (χ1n) is 6.75. The fraction of sp³-hybridized carbons (Fsp3) is 0.533. The third-order valence-electron chi connectivity index (χ3n) is 3.59. The molecule has 2 N–H and O–H groups in total. The lowest BCUT2D eigenvalue weighted by Gasteiger charge is -2.40. The van der Waals surface area contributed by atoms with Crippen LogP contribution in [-0.2, 0) is 9.53 Å². The minimum atomic E-state index is -0.293. The molecule has 1 aliphatic heterocycles. The maximum Gasteiger partial charge on any atom is 0.253 e. The van der Waals surface area contributed by atoms with Gasteiger partial charge in [0.1, 0.15) is 6.61 Å². The first-order chi connectivity index (χ1) is 9.04. The largest absolute Gasteiger partial charge is 0.364 e. The Morgan fingerprint density at radius 2 is 2.05 bits per heavy atom. The van der Waals surface area contributed by atoms with Gasteiger partial charge in [-0.25, -0.2) is 0 Å². The van der Waals surface area contributed by atoms with Gasteiger partial charge in [-0.1, -0.05) is 17.7 Å². The van der Waals surface area contributed by atoms with Gasteiger partial charge in [0.2, 0.25) is 0 Å². The van der Waals surface area contributed by atoms with Crippen molar-refractivity contribution in [2.75, 3.05) is 24.6 Å². The average Bonchev–Trinajstić information content (AvgIpc) is 2.41. The number of ether oxygens (including phenoxy) is 1. The van der Waals surface area contributed by atoms with Gasteiger partial charge in [0.15, 0.2) is 0 Å². The van der Waals surface area contributed by atoms with E-state index in [1.54, 1.807) is 0 Å². The summed E-state index contributed by atoms with van der Waals surface area (Å²) in [6, 6.07) is 8.02. The normalized spacial score (nSPS) is 23.7. The smallest absolute Gasteiger partial charge is 0.253 e. The van der Waals surface area contributed by atoms with Crippen LogP contribution in [0.5, 0.6) is 0 Å². The second kappa shape index (κ2) is 5.72. The standard InChI is InChI=1S/C15H22N2O2/c1-12-4-6-13(7-5-12)17-11-15(2,8-3-9-16)19-10-14(17)18/h4-7H,3,8-11,16H2,1-2H3. The Morgan fingerprint density at radius 1 is 1.37 bits per heavy atom. The van der Waals surface area contributed by atoms with Gasteiger partial charge in [0.25, 0.3) is 5.91 Å². The molecule has 0 spiro atoms. The molecule has 4 nitrogen and oxygen atoms in total. The molecule has 0 aromatic heterocycles. The molecule has 1 unspecified atom stereocenters. The summed E-state index contributed by atoms with van der Waals surface area (Å²) in [5, 5.41) is 0. The fourth-order valence-electron chi connectivity index (χ4n) is 2.37. The molecule has 1 atom stereocenters. The molecule has 104 valence electrons. The first kappa shape index (κ1) is 14.0. The van der Waals surface area contributed by atoms with Gasteiger partial charge in [-0.3, -0.25) is 4.79 Å². The number of anilines is 1. The third-order valence-corrected chi connectivity index (χ3v) is 3.59. The number of benzene rings is 1. The molecule has 1 fully saturated rings. The molecule has 0 saturated carbocycles. The van der Waals surface area contributed by atoms with E-state index < -0.39 is 0 Å². The molecule has 4 heteroatoms. The van der Waals surface area contributed by atoms with Crippen LogP contribution in [0.2, 0.25) is 0 Å². The number of rotatable bonds is 4. The number of amides is 1. The first-order valence-corrected chi connectivity index (χ1v) is 6.75. The van der Waals surface area contributed by atoms with Gasteiger partial charge in [-0.15, -0.1) is 0 Å². The summed E-state index contributed by atoms with van der Waals surface area (Å²) in [7, 11) is 0. The molecule has 1 heterocycles. The van der Waals surface area contributed by atoms with Gasteiger partial charge >= 0.3 is 0 Å². The molecular weight excluding hydrogens is 240 g/mol. The van der Waals surface area contributed by atoms with Gasteiger partial charge in [-0.05, 0) is 45.4 Å². The second-order valence-corrected chi connectivity index (χ2v) is 5.45. The Hall–Kier alpha value is -1.39. The van der Waals surface area contributed by atoms with Crippen LogP contribution in [0, 0.1) is 6.92 Å². The van der Waals surface area contributed by atoms with Crippen LogP contribution < -0.4 is 10.6 Å². The molecule has 1 aliphatic rings. The van der Waals surface area contributed by atoms with Crippen molar-refractivity contribution in [2.24, 2.45) is 5.73 Å². The molecular formula is C15H22N2O2. The number of hydrogen-bond acceptors (Lipinski definition) is 3. The van der Waals surface area contributed by atoms with Crippen molar-refractivity contribution in [2.45, 2.75) is 32.3 Å². The maximum absolute atomic E-state index is 12.0. The predicted molar refractivity (Wildman–Crippen MR) is 76.2 cm³/mol. The summed E-state index contributed by atoms with van der Waals surface area (Å²) in [6.45, 7) is 5.48. The summed E-state index contributed by atoms with van der Waals surface area (Å²) < 4.78 is 5.71. The SMILES string of the molecule is Cc1ccc(N2CC(C)(CCCN)OCC2=O)cc1. The molecule has 19 heavy (non-hydrogen) atoms. The van der Waals surface area contributed by atoms with Crippen LogP contribution in [0.25, 0.3) is 0 Å². The molecule has 1 aromatic carbocycles. The van der Waals surface area contributed by atoms with E-state index >= 15 is 0 Å². The summed E-state index contributed by atoms with van der Waals surface area (Å²) in [4.78, 5) is 13.8. The van der Waals surface area contributed by atoms with E-state index in [9.17, 15) is 4.79 Å². The quantitative estimate of drug-likeness (QED) is 0.901. The van der Waals surface area contributed by atoms with Crippen molar-refractivity contribution >= 4 is 11.6 Å². The maximum atomic E-state index is 12.0. The molecule has 1 aromatic rings. The zero-order valence-corrected chi connectivity index (χ0v) is 11.7. The van der Waals surface area contributed by atoms with Crippen LogP contribution in [0.4, 0.5) is 5.69 Å².